The van der Waals surface area contributed by atoms with Crippen molar-refractivity contribution < 1.29 is 9.53 Å². The van der Waals surface area contributed by atoms with Gasteiger partial charge in [0.25, 0.3) is 0 Å². The molecule has 1 aliphatic rings. The lowest BCUT2D eigenvalue weighted by atomic mass is 10.2. The molecule has 0 aromatic rings. The van der Waals surface area contributed by atoms with Crippen LogP contribution in [0.15, 0.2) is 12.7 Å². The number of carbonyl (C=O) groups excluding carboxylic acids is 1. The molecule has 0 aromatic heterocycles. The topological polar surface area (TPSA) is 55.6 Å². The molecule has 0 bridgehead atoms. The van der Waals surface area contributed by atoms with Crippen molar-refractivity contribution in [2.24, 2.45) is 5.73 Å². The molecule has 4 nitrogen and oxygen atoms in total. The number of nitrogens with two attached hydrogens (primary N) is 1. The highest BCUT2D eigenvalue weighted by Gasteiger charge is 2.29. The van der Waals surface area contributed by atoms with Gasteiger partial charge in [0.1, 0.15) is 6.23 Å². The summed E-state index contributed by atoms with van der Waals surface area (Å²) < 4.78 is 5.60. The number of likely N-dealkylation sites (tertiary alicyclic amines) is 1. The first kappa shape index (κ1) is 20.4. The molecule has 0 saturated carbocycles. The number of ether oxygens (including phenoxy) is 1. The second-order valence-corrected chi connectivity index (χ2v) is 4.48. The predicted molar refractivity (Wildman–Crippen MR) is 81.8 cm³/mol. The van der Waals surface area contributed by atoms with Crippen LogP contribution in [-0.4, -0.2) is 36.2 Å². The molecule has 1 heterocycles. The Morgan fingerprint density at radius 3 is 2.42 bits per heavy atom. The molecule has 1 amide bonds. The molecule has 0 aromatic carbocycles. The van der Waals surface area contributed by atoms with Crippen molar-refractivity contribution in [3.05, 3.63) is 12.7 Å². The molecule has 3 unspecified atom stereocenters. The fraction of sp³-hybridized carbons (Fsp3) is 0.800. The third-order valence-electron chi connectivity index (χ3n) is 2.68. The van der Waals surface area contributed by atoms with Gasteiger partial charge in [-0.05, 0) is 40.0 Å². The fourth-order valence-corrected chi connectivity index (χ4v) is 1.70. The Balaban J connectivity index is 0. The van der Waals surface area contributed by atoms with Gasteiger partial charge in [0.2, 0.25) is 6.41 Å². The molecule has 2 N–H and O–H groups in total. The molecule has 4 heteroatoms. The lowest BCUT2D eigenvalue weighted by Crippen LogP contribution is -2.35. The average Bonchev–Trinajstić information content (AvgIpc) is 2.73. The summed E-state index contributed by atoms with van der Waals surface area (Å²) in [5, 5.41) is 0. The van der Waals surface area contributed by atoms with E-state index in [1.54, 1.807) is 11.0 Å². The van der Waals surface area contributed by atoms with Crippen LogP contribution in [0.3, 0.4) is 0 Å². The monoisotopic (exact) mass is 272 g/mol. The van der Waals surface area contributed by atoms with Crippen molar-refractivity contribution in [2.75, 3.05) is 6.61 Å². The fourth-order valence-electron chi connectivity index (χ4n) is 1.70. The highest BCUT2D eigenvalue weighted by atomic mass is 16.5. The van der Waals surface area contributed by atoms with Gasteiger partial charge >= 0.3 is 0 Å². The van der Waals surface area contributed by atoms with Gasteiger partial charge in [-0.15, -0.1) is 6.58 Å². The number of nitrogens with zero attached hydrogens (tertiary/aromatic N) is 1. The predicted octanol–water partition coefficient (Wildman–Crippen LogP) is 2.93. The third kappa shape index (κ3) is 9.68. The summed E-state index contributed by atoms with van der Waals surface area (Å²) in [5.74, 6) is 0. The quantitative estimate of drug-likeness (QED) is 0.618. The van der Waals surface area contributed by atoms with E-state index >= 15 is 0 Å². The molecule has 1 fully saturated rings. The minimum Gasteiger partial charge on any atom is -0.358 e. The largest absolute Gasteiger partial charge is 0.358 e. The maximum Gasteiger partial charge on any atom is 0.211 e. The summed E-state index contributed by atoms with van der Waals surface area (Å²) in [4.78, 5) is 12.5. The molecule has 0 aliphatic carbocycles. The highest BCUT2D eigenvalue weighted by Crippen LogP contribution is 2.22. The number of hydrogen-bond donors (Lipinski definition) is 1. The van der Waals surface area contributed by atoms with Crippen molar-refractivity contribution in [3.63, 3.8) is 0 Å². The van der Waals surface area contributed by atoms with Gasteiger partial charge in [-0.25, -0.2) is 0 Å². The van der Waals surface area contributed by atoms with E-state index in [0.717, 1.165) is 25.7 Å². The zero-order chi connectivity index (χ0) is 15.3. The van der Waals surface area contributed by atoms with Gasteiger partial charge in [0.05, 0.1) is 6.61 Å². The average molecular weight is 272 g/mol. The van der Waals surface area contributed by atoms with E-state index in [1.165, 1.54) is 0 Å². The van der Waals surface area contributed by atoms with Gasteiger partial charge in [-0.1, -0.05) is 19.9 Å². The second kappa shape index (κ2) is 13.6. The first-order valence-corrected chi connectivity index (χ1v) is 7.23. The molecule has 0 spiro atoms. The third-order valence-corrected chi connectivity index (χ3v) is 2.68. The first-order valence-electron chi connectivity index (χ1n) is 7.23. The van der Waals surface area contributed by atoms with E-state index in [1.807, 2.05) is 34.6 Å². The van der Waals surface area contributed by atoms with Crippen molar-refractivity contribution in [3.8, 4) is 0 Å². The van der Waals surface area contributed by atoms with Gasteiger partial charge in [-0.2, -0.15) is 0 Å². The number of allylic oxidation sites excluding steroid dienone is 1. The SMILES string of the molecule is C=CC.CC.CC(N)CCOC1CCC(C)N1C=O. The van der Waals surface area contributed by atoms with E-state index in [2.05, 4.69) is 6.58 Å². The van der Waals surface area contributed by atoms with E-state index in [0.29, 0.717) is 12.6 Å². The number of carbonyl (C=O) groups is 1. The molecule has 1 saturated heterocycles. The van der Waals surface area contributed by atoms with Gasteiger partial charge in [0, 0.05) is 12.1 Å². The Morgan fingerprint density at radius 1 is 1.47 bits per heavy atom. The lowest BCUT2D eigenvalue weighted by Gasteiger charge is -2.24. The van der Waals surface area contributed by atoms with E-state index < -0.39 is 0 Å². The summed E-state index contributed by atoms with van der Waals surface area (Å²) >= 11 is 0. The van der Waals surface area contributed by atoms with Crippen LogP contribution in [-0.2, 0) is 9.53 Å². The first-order chi connectivity index (χ1) is 9.06. The minimum absolute atomic E-state index is 0.0266. The van der Waals surface area contributed by atoms with Gasteiger partial charge in [0.15, 0.2) is 0 Å². The molecular formula is C15H32N2O2. The van der Waals surface area contributed by atoms with E-state index in [-0.39, 0.29) is 12.3 Å². The molecular weight excluding hydrogens is 240 g/mol. The van der Waals surface area contributed by atoms with E-state index in [9.17, 15) is 4.79 Å². The van der Waals surface area contributed by atoms with Crippen LogP contribution in [0.4, 0.5) is 0 Å². The molecule has 114 valence electrons. The Bertz CT molecular complexity index is 220. The smallest absolute Gasteiger partial charge is 0.211 e. The zero-order valence-corrected chi connectivity index (χ0v) is 13.3. The van der Waals surface area contributed by atoms with Crippen LogP contribution < -0.4 is 5.73 Å². The summed E-state index contributed by atoms with van der Waals surface area (Å²) in [6.07, 6.45) is 5.42. The van der Waals surface area contributed by atoms with Crippen LogP contribution in [0.2, 0.25) is 0 Å². The van der Waals surface area contributed by atoms with Crippen LogP contribution in [0.1, 0.15) is 53.9 Å². The van der Waals surface area contributed by atoms with Gasteiger partial charge in [-0.3, -0.25) is 4.79 Å². The van der Waals surface area contributed by atoms with Crippen molar-refractivity contribution in [1.29, 1.82) is 0 Å². The molecule has 0 radical (unpaired) electrons. The zero-order valence-electron chi connectivity index (χ0n) is 13.3. The highest BCUT2D eigenvalue weighted by molar-refractivity contribution is 5.48. The standard InChI is InChI=1S/C10H20N2O2.C3H6.C2H6/c1-8(11)5-6-14-10-4-3-9(2)12(10)7-13;1-3-2;1-2/h7-10H,3-6,11H2,1-2H3;3H,1H2,2H3;1-2H3. The van der Waals surface area contributed by atoms with Crippen molar-refractivity contribution in [2.45, 2.75) is 72.2 Å². The summed E-state index contributed by atoms with van der Waals surface area (Å²) in [6, 6.07) is 0.478. The van der Waals surface area contributed by atoms with Gasteiger partial charge < -0.3 is 15.4 Å². The van der Waals surface area contributed by atoms with Crippen LogP contribution in [0, 0.1) is 0 Å². The molecule has 1 aliphatic heterocycles. The maximum atomic E-state index is 10.7. The van der Waals surface area contributed by atoms with Crippen LogP contribution in [0.5, 0.6) is 0 Å². The second-order valence-electron chi connectivity index (χ2n) is 4.48. The Kier molecular flexibility index (Phi) is 14.6. The number of amides is 1. The normalized spacial score (nSPS) is 22.5. The molecule has 19 heavy (non-hydrogen) atoms. The summed E-state index contributed by atoms with van der Waals surface area (Å²) in [5.41, 5.74) is 5.61. The summed E-state index contributed by atoms with van der Waals surface area (Å²) in [7, 11) is 0. The van der Waals surface area contributed by atoms with Crippen molar-refractivity contribution >= 4 is 6.41 Å². The molecule has 1 rings (SSSR count). The Labute approximate surface area is 119 Å². The Hall–Kier alpha value is -0.870. The van der Waals surface area contributed by atoms with Crippen LogP contribution in [0.25, 0.3) is 0 Å². The maximum absolute atomic E-state index is 10.7. The number of rotatable bonds is 5. The minimum atomic E-state index is -0.0266. The lowest BCUT2D eigenvalue weighted by molar-refractivity contribution is -0.131. The van der Waals surface area contributed by atoms with E-state index in [4.69, 9.17) is 10.5 Å². The van der Waals surface area contributed by atoms with Crippen molar-refractivity contribution in [1.82, 2.24) is 4.90 Å². The molecule has 3 atom stereocenters. The number of hydrogen-bond acceptors (Lipinski definition) is 3. The van der Waals surface area contributed by atoms with Crippen LogP contribution >= 0.6 is 0 Å². The summed E-state index contributed by atoms with van der Waals surface area (Å²) in [6.45, 7) is 13.9. The Morgan fingerprint density at radius 2 is 2.00 bits per heavy atom.